The summed E-state index contributed by atoms with van der Waals surface area (Å²) in [6.45, 7) is 1.18. The number of halogens is 1. The van der Waals surface area contributed by atoms with Crippen LogP contribution in [0.4, 0.5) is 4.39 Å². The molecule has 0 unspecified atom stereocenters. The van der Waals surface area contributed by atoms with Crippen LogP contribution in [0.1, 0.15) is 0 Å². The van der Waals surface area contributed by atoms with Crippen LogP contribution in [0, 0.1) is 5.82 Å². The third-order valence-electron chi connectivity index (χ3n) is 6.03. The lowest BCUT2D eigenvalue weighted by Crippen LogP contribution is -2.19. The molecule has 0 aliphatic rings. The van der Waals surface area contributed by atoms with Crippen LogP contribution < -0.4 is 4.74 Å². The highest BCUT2D eigenvalue weighted by Crippen LogP contribution is 2.33. The number of imidazole rings is 1. The Balaban J connectivity index is 1.41. The van der Waals surface area contributed by atoms with Gasteiger partial charge in [-0.1, -0.05) is 6.07 Å². The van der Waals surface area contributed by atoms with Gasteiger partial charge in [0, 0.05) is 47.7 Å². The van der Waals surface area contributed by atoms with E-state index in [9.17, 15) is 4.39 Å². The van der Waals surface area contributed by atoms with Crippen molar-refractivity contribution in [2.24, 2.45) is 0 Å². The van der Waals surface area contributed by atoms with E-state index in [1.54, 1.807) is 24.8 Å². The maximum Gasteiger partial charge on any atom is 0.178 e. The van der Waals surface area contributed by atoms with Crippen LogP contribution in [-0.2, 0) is 0 Å². The Hall–Kier alpha value is -4.70. The zero-order chi connectivity index (χ0) is 25.4. The molecule has 0 amide bonds. The van der Waals surface area contributed by atoms with Crippen molar-refractivity contribution in [1.82, 2.24) is 40.0 Å². The number of nitrogens with one attached hydrogen (secondary N) is 2. The second-order valence-electron chi connectivity index (χ2n) is 8.89. The average molecular weight is 495 g/mol. The number of ether oxygens (including phenoxy) is 1. The Morgan fingerprint density at radius 2 is 1.89 bits per heavy atom. The molecule has 0 fully saturated rings. The smallest absolute Gasteiger partial charge is 0.178 e. The molecular weight excluding hydrogens is 471 g/mol. The van der Waals surface area contributed by atoms with E-state index in [1.807, 2.05) is 49.3 Å². The normalized spacial score (nSPS) is 11.6. The SMILES string of the molecule is CN(C)CCOc1cc(F)cc(-c2ccnc3nc(-c4n[nH]c5ccc(-c6cnccn6)cc45)[nH]c23)c1. The van der Waals surface area contributed by atoms with Crippen molar-refractivity contribution < 1.29 is 9.13 Å². The number of aromatic amines is 2. The topological polar surface area (TPSA) is 108 Å². The van der Waals surface area contributed by atoms with Crippen LogP contribution in [0.25, 0.3) is 56.0 Å². The number of nitrogens with zero attached hydrogens (tertiary/aromatic N) is 6. The molecule has 9 nitrogen and oxygen atoms in total. The molecule has 4 aromatic heterocycles. The molecular formula is C27H23FN8O. The number of benzene rings is 2. The van der Waals surface area contributed by atoms with Gasteiger partial charge in [0.05, 0.1) is 22.9 Å². The minimum atomic E-state index is -0.378. The van der Waals surface area contributed by atoms with E-state index in [0.717, 1.165) is 34.3 Å². The number of hydrogen-bond acceptors (Lipinski definition) is 7. The number of H-pyrrole nitrogens is 2. The fraction of sp³-hybridized carbons (Fsp3) is 0.148. The van der Waals surface area contributed by atoms with Gasteiger partial charge in [-0.15, -0.1) is 0 Å². The second kappa shape index (κ2) is 9.40. The summed E-state index contributed by atoms with van der Waals surface area (Å²) in [6, 6.07) is 12.4. The van der Waals surface area contributed by atoms with Crippen molar-refractivity contribution in [1.29, 1.82) is 0 Å². The van der Waals surface area contributed by atoms with Gasteiger partial charge in [-0.2, -0.15) is 5.10 Å². The van der Waals surface area contributed by atoms with E-state index in [2.05, 4.69) is 30.1 Å². The maximum atomic E-state index is 14.5. The minimum Gasteiger partial charge on any atom is -0.492 e. The van der Waals surface area contributed by atoms with Crippen molar-refractivity contribution in [2.45, 2.75) is 0 Å². The molecule has 0 spiro atoms. The van der Waals surface area contributed by atoms with E-state index in [0.29, 0.717) is 40.6 Å². The number of likely N-dealkylation sites (N-methyl/N-ethyl adjacent to an activating group) is 1. The molecule has 4 heterocycles. The van der Waals surface area contributed by atoms with Crippen LogP contribution in [0.15, 0.2) is 67.3 Å². The van der Waals surface area contributed by atoms with Crippen molar-refractivity contribution >= 4 is 22.1 Å². The molecule has 0 radical (unpaired) electrons. The predicted octanol–water partition coefficient (Wildman–Crippen LogP) is 4.70. The summed E-state index contributed by atoms with van der Waals surface area (Å²) in [6.07, 6.45) is 6.68. The highest BCUT2D eigenvalue weighted by molar-refractivity contribution is 5.97. The number of aromatic nitrogens is 7. The van der Waals surface area contributed by atoms with Gasteiger partial charge in [0.1, 0.15) is 23.9 Å². The van der Waals surface area contributed by atoms with Crippen molar-refractivity contribution in [3.8, 4) is 39.7 Å². The summed E-state index contributed by atoms with van der Waals surface area (Å²) in [5.41, 5.74) is 5.81. The van der Waals surface area contributed by atoms with E-state index in [1.165, 1.54) is 12.1 Å². The summed E-state index contributed by atoms with van der Waals surface area (Å²) in [4.78, 5) is 23.1. The first-order valence-electron chi connectivity index (χ1n) is 11.7. The van der Waals surface area contributed by atoms with Gasteiger partial charge in [-0.25, -0.2) is 14.4 Å². The number of pyridine rings is 1. The zero-order valence-corrected chi connectivity index (χ0v) is 20.2. The van der Waals surface area contributed by atoms with Crippen molar-refractivity contribution in [2.75, 3.05) is 27.2 Å². The lowest BCUT2D eigenvalue weighted by atomic mass is 10.1. The van der Waals surface area contributed by atoms with Crippen LogP contribution >= 0.6 is 0 Å². The van der Waals surface area contributed by atoms with Gasteiger partial charge < -0.3 is 14.6 Å². The van der Waals surface area contributed by atoms with Crippen LogP contribution in [0.2, 0.25) is 0 Å². The summed E-state index contributed by atoms with van der Waals surface area (Å²) >= 11 is 0. The Kier molecular flexibility index (Phi) is 5.78. The second-order valence-corrected chi connectivity index (χ2v) is 8.89. The van der Waals surface area contributed by atoms with Gasteiger partial charge in [-0.05, 0) is 50.0 Å². The molecule has 6 aromatic rings. The van der Waals surface area contributed by atoms with E-state index in [4.69, 9.17) is 9.72 Å². The van der Waals surface area contributed by atoms with Crippen LogP contribution in [0.5, 0.6) is 5.75 Å². The molecule has 2 N–H and O–H groups in total. The molecule has 0 aliphatic heterocycles. The largest absolute Gasteiger partial charge is 0.492 e. The minimum absolute atomic E-state index is 0.378. The quantitative estimate of drug-likeness (QED) is 0.331. The number of fused-ring (bicyclic) bond motifs is 2. The van der Waals surface area contributed by atoms with Gasteiger partial charge in [0.25, 0.3) is 0 Å². The van der Waals surface area contributed by atoms with Crippen molar-refractivity contribution in [3.63, 3.8) is 0 Å². The van der Waals surface area contributed by atoms with Crippen LogP contribution in [-0.4, -0.2) is 67.3 Å². The van der Waals surface area contributed by atoms with E-state index in [-0.39, 0.29) is 5.82 Å². The Labute approximate surface area is 211 Å². The molecule has 6 rings (SSSR count). The molecule has 0 saturated carbocycles. The number of hydrogen-bond donors (Lipinski definition) is 2. The summed E-state index contributed by atoms with van der Waals surface area (Å²) in [5, 5.41) is 8.45. The zero-order valence-electron chi connectivity index (χ0n) is 20.2. The first kappa shape index (κ1) is 22.7. The monoisotopic (exact) mass is 494 g/mol. The standard InChI is InChI=1S/C27H23FN8O/c1-36(2)9-10-37-19-12-17(11-18(28)14-19)20-5-6-31-26-24(20)32-27(33-26)25-21-13-16(3-4-22(21)34-35-25)23-15-29-7-8-30-23/h3-8,11-15H,9-10H2,1-2H3,(H,34,35)(H,31,32,33). The summed E-state index contributed by atoms with van der Waals surface area (Å²) < 4.78 is 20.3. The lowest BCUT2D eigenvalue weighted by molar-refractivity contribution is 0.260. The maximum absolute atomic E-state index is 14.5. The fourth-order valence-electron chi connectivity index (χ4n) is 4.21. The Morgan fingerprint density at radius 3 is 2.73 bits per heavy atom. The first-order chi connectivity index (χ1) is 18.0. The third-order valence-corrected chi connectivity index (χ3v) is 6.03. The van der Waals surface area contributed by atoms with E-state index >= 15 is 0 Å². The molecule has 0 bridgehead atoms. The van der Waals surface area contributed by atoms with Gasteiger partial charge in [-0.3, -0.25) is 15.1 Å². The predicted molar refractivity (Wildman–Crippen MR) is 139 cm³/mol. The van der Waals surface area contributed by atoms with Crippen LogP contribution in [0.3, 0.4) is 0 Å². The molecule has 0 saturated heterocycles. The van der Waals surface area contributed by atoms with Crippen molar-refractivity contribution in [3.05, 3.63) is 73.1 Å². The Bertz CT molecular complexity index is 1710. The molecule has 2 aromatic carbocycles. The average Bonchev–Trinajstić information content (AvgIpc) is 3.52. The molecule has 10 heteroatoms. The van der Waals surface area contributed by atoms with Gasteiger partial charge in [0.15, 0.2) is 11.5 Å². The highest BCUT2D eigenvalue weighted by Gasteiger charge is 2.17. The first-order valence-corrected chi connectivity index (χ1v) is 11.7. The molecule has 0 aliphatic carbocycles. The summed E-state index contributed by atoms with van der Waals surface area (Å²) in [5.74, 6) is 0.643. The molecule has 37 heavy (non-hydrogen) atoms. The summed E-state index contributed by atoms with van der Waals surface area (Å²) in [7, 11) is 3.92. The molecule has 0 atom stereocenters. The highest BCUT2D eigenvalue weighted by atomic mass is 19.1. The Morgan fingerprint density at radius 1 is 0.973 bits per heavy atom. The lowest BCUT2D eigenvalue weighted by Gasteiger charge is -2.12. The third kappa shape index (κ3) is 4.50. The fourth-order valence-corrected chi connectivity index (χ4v) is 4.21. The molecule has 184 valence electrons. The van der Waals surface area contributed by atoms with E-state index < -0.39 is 0 Å². The number of rotatable bonds is 7. The van der Waals surface area contributed by atoms with Gasteiger partial charge in [0.2, 0.25) is 0 Å². The van der Waals surface area contributed by atoms with Gasteiger partial charge >= 0.3 is 0 Å².